The Morgan fingerprint density at radius 3 is 2.50 bits per heavy atom. The van der Waals surface area contributed by atoms with Crippen molar-refractivity contribution in [3.8, 4) is 5.75 Å². The zero-order valence-electron chi connectivity index (χ0n) is 6.50. The highest BCUT2D eigenvalue weighted by atomic mass is 35.5. The van der Waals surface area contributed by atoms with E-state index in [2.05, 4.69) is 5.48 Å². The lowest BCUT2D eigenvalue weighted by Crippen LogP contribution is -2.21. The second-order valence-corrected chi connectivity index (χ2v) is 3.26. The zero-order valence-corrected chi connectivity index (χ0v) is 8.08. The molecule has 0 saturated carbocycles. The highest BCUT2D eigenvalue weighted by Crippen LogP contribution is 2.14. The molecule has 0 spiro atoms. The van der Waals surface area contributed by atoms with Crippen molar-refractivity contribution in [3.05, 3.63) is 29.3 Å². The summed E-state index contributed by atoms with van der Waals surface area (Å²) in [6.45, 7) is 1.74. The van der Waals surface area contributed by atoms with Gasteiger partial charge in [-0.15, -0.1) is 0 Å². The van der Waals surface area contributed by atoms with Crippen LogP contribution < -0.4 is 10.3 Å². The molecule has 1 rings (SSSR count). The lowest BCUT2D eigenvalue weighted by molar-refractivity contribution is 0.264. The molecule has 1 aromatic carbocycles. The van der Waals surface area contributed by atoms with Gasteiger partial charge in [-0.25, -0.2) is 5.48 Å². The van der Waals surface area contributed by atoms with Crippen LogP contribution in [0.3, 0.4) is 0 Å². The molecule has 0 bridgehead atoms. The summed E-state index contributed by atoms with van der Waals surface area (Å²) in [5, 5.41) is 0.682. The molecule has 0 aromatic heterocycles. The third-order valence-corrected chi connectivity index (χ3v) is 1.46. The van der Waals surface area contributed by atoms with Gasteiger partial charge in [0, 0.05) is 5.02 Å². The fourth-order valence-electron chi connectivity index (χ4n) is 0.633. The van der Waals surface area contributed by atoms with Crippen LogP contribution in [0.1, 0.15) is 6.92 Å². The molecule has 1 N–H and O–H groups in total. The molecule has 0 radical (unpaired) electrons. The monoisotopic (exact) mass is 201 g/mol. The molecular weight excluding hydrogens is 194 g/mol. The molecule has 0 aliphatic heterocycles. The fourth-order valence-corrected chi connectivity index (χ4v) is 0.801. The van der Waals surface area contributed by atoms with E-state index in [0.717, 1.165) is 0 Å². The number of hydrogen-bond acceptors (Lipinski definition) is 2. The molecule has 0 aliphatic carbocycles. The summed E-state index contributed by atoms with van der Waals surface area (Å²) in [5.41, 5.74) is 2.57. The number of rotatable bonds is 2. The third-order valence-electron chi connectivity index (χ3n) is 1.13. The number of halogens is 1. The molecule has 0 atom stereocenters. The van der Waals surface area contributed by atoms with Crippen molar-refractivity contribution in [2.24, 2.45) is 0 Å². The number of hydroxylamine groups is 1. The minimum absolute atomic E-state index is 0.588. The highest BCUT2D eigenvalue weighted by molar-refractivity contribution is 7.80. The molecule has 0 aliphatic rings. The van der Waals surface area contributed by atoms with E-state index in [1.807, 2.05) is 0 Å². The maximum atomic E-state index is 5.67. The van der Waals surface area contributed by atoms with Crippen molar-refractivity contribution in [1.29, 1.82) is 0 Å². The van der Waals surface area contributed by atoms with Crippen LogP contribution in [-0.2, 0) is 0 Å². The zero-order chi connectivity index (χ0) is 8.97. The van der Waals surface area contributed by atoms with E-state index in [9.17, 15) is 0 Å². The number of nitrogens with one attached hydrogen (secondary N) is 1. The van der Waals surface area contributed by atoms with Crippen LogP contribution in [0, 0.1) is 0 Å². The first-order valence-electron chi connectivity index (χ1n) is 3.37. The lowest BCUT2D eigenvalue weighted by Gasteiger charge is -2.05. The van der Waals surface area contributed by atoms with Crippen molar-refractivity contribution < 1.29 is 4.84 Å². The van der Waals surface area contributed by atoms with Crippen LogP contribution in [0.15, 0.2) is 24.3 Å². The van der Waals surface area contributed by atoms with E-state index >= 15 is 0 Å². The molecule has 12 heavy (non-hydrogen) atoms. The van der Waals surface area contributed by atoms with E-state index in [1.54, 1.807) is 31.2 Å². The Balaban J connectivity index is 2.53. The van der Waals surface area contributed by atoms with Gasteiger partial charge in [0.25, 0.3) is 0 Å². The molecule has 0 saturated heterocycles. The summed E-state index contributed by atoms with van der Waals surface area (Å²) in [4.78, 5) is 5.66. The van der Waals surface area contributed by atoms with E-state index < -0.39 is 0 Å². The van der Waals surface area contributed by atoms with Gasteiger partial charge in [-0.3, -0.25) is 0 Å². The first-order chi connectivity index (χ1) is 5.68. The SMILES string of the molecule is CC(=S)NOc1ccc(Cl)cc1. The number of thiocarbonyl (C=S) groups is 1. The average Bonchev–Trinajstić information content (AvgIpc) is 2.03. The van der Waals surface area contributed by atoms with Crippen molar-refractivity contribution in [2.75, 3.05) is 0 Å². The topological polar surface area (TPSA) is 21.3 Å². The maximum absolute atomic E-state index is 5.67. The standard InChI is InChI=1S/C8H8ClNOS/c1-6(12)10-11-8-4-2-7(9)3-5-8/h2-5H,1H3,(H,10,12). The molecule has 0 fully saturated rings. The Hall–Kier alpha value is -0.800. The minimum Gasteiger partial charge on any atom is -0.382 e. The lowest BCUT2D eigenvalue weighted by atomic mass is 10.3. The average molecular weight is 202 g/mol. The minimum atomic E-state index is 0.588. The van der Waals surface area contributed by atoms with Crippen LogP contribution >= 0.6 is 23.8 Å². The molecule has 4 heteroatoms. The number of hydrogen-bond donors (Lipinski definition) is 1. The van der Waals surface area contributed by atoms with Crippen LogP contribution in [0.4, 0.5) is 0 Å². The largest absolute Gasteiger partial charge is 0.382 e. The van der Waals surface area contributed by atoms with Crippen LogP contribution in [-0.4, -0.2) is 4.99 Å². The van der Waals surface area contributed by atoms with Gasteiger partial charge in [-0.05, 0) is 31.2 Å². The van der Waals surface area contributed by atoms with Gasteiger partial charge in [0.15, 0.2) is 5.75 Å². The Kier molecular flexibility index (Phi) is 3.31. The van der Waals surface area contributed by atoms with Crippen molar-refractivity contribution in [3.63, 3.8) is 0 Å². The van der Waals surface area contributed by atoms with Crippen molar-refractivity contribution in [2.45, 2.75) is 6.92 Å². The summed E-state index contributed by atoms with van der Waals surface area (Å²) in [7, 11) is 0. The first kappa shape index (κ1) is 9.29. The summed E-state index contributed by atoms with van der Waals surface area (Å²) >= 11 is 10.4. The predicted octanol–water partition coefficient (Wildman–Crippen LogP) is 2.57. The van der Waals surface area contributed by atoms with Gasteiger partial charge in [0.2, 0.25) is 0 Å². The molecule has 2 nitrogen and oxygen atoms in total. The van der Waals surface area contributed by atoms with E-state index in [-0.39, 0.29) is 0 Å². The van der Waals surface area contributed by atoms with Gasteiger partial charge < -0.3 is 4.84 Å². The highest BCUT2D eigenvalue weighted by Gasteiger charge is 1.92. The van der Waals surface area contributed by atoms with Gasteiger partial charge in [0.1, 0.15) is 4.99 Å². The van der Waals surface area contributed by atoms with Crippen molar-refractivity contribution in [1.82, 2.24) is 5.48 Å². The van der Waals surface area contributed by atoms with Gasteiger partial charge in [-0.1, -0.05) is 23.8 Å². The predicted molar refractivity (Wildman–Crippen MR) is 53.5 cm³/mol. The summed E-state index contributed by atoms with van der Waals surface area (Å²) in [6.07, 6.45) is 0. The quantitative estimate of drug-likeness (QED) is 0.587. The molecule has 0 unspecified atom stereocenters. The normalized spacial score (nSPS) is 9.17. The third kappa shape index (κ3) is 3.07. The first-order valence-corrected chi connectivity index (χ1v) is 4.16. The van der Waals surface area contributed by atoms with E-state index in [0.29, 0.717) is 15.8 Å². The van der Waals surface area contributed by atoms with E-state index in [4.69, 9.17) is 28.7 Å². The Morgan fingerprint density at radius 2 is 2.00 bits per heavy atom. The van der Waals surface area contributed by atoms with Gasteiger partial charge >= 0.3 is 0 Å². The smallest absolute Gasteiger partial charge is 0.155 e. The summed E-state index contributed by atoms with van der Waals surface area (Å²) in [6, 6.07) is 7.01. The maximum Gasteiger partial charge on any atom is 0.155 e. The van der Waals surface area contributed by atoms with E-state index in [1.165, 1.54) is 0 Å². The van der Waals surface area contributed by atoms with Gasteiger partial charge in [-0.2, -0.15) is 0 Å². The molecule has 64 valence electrons. The van der Waals surface area contributed by atoms with Crippen LogP contribution in [0.25, 0.3) is 0 Å². The second kappa shape index (κ2) is 4.28. The Labute approximate surface area is 81.4 Å². The van der Waals surface area contributed by atoms with Gasteiger partial charge in [0.05, 0.1) is 0 Å². The van der Waals surface area contributed by atoms with Crippen LogP contribution in [0.2, 0.25) is 5.02 Å². The van der Waals surface area contributed by atoms with Crippen LogP contribution in [0.5, 0.6) is 5.75 Å². The molecule has 0 heterocycles. The molecule has 0 amide bonds. The number of benzene rings is 1. The summed E-state index contributed by atoms with van der Waals surface area (Å²) in [5.74, 6) is 0.684. The summed E-state index contributed by atoms with van der Waals surface area (Å²) < 4.78 is 0. The Morgan fingerprint density at radius 1 is 1.42 bits per heavy atom. The fraction of sp³-hybridized carbons (Fsp3) is 0.125. The Bertz CT molecular complexity index is 273. The molecule has 1 aromatic rings. The second-order valence-electron chi connectivity index (χ2n) is 2.21. The molecular formula is C8H8ClNOS. The van der Waals surface area contributed by atoms with Crippen molar-refractivity contribution >= 4 is 28.8 Å².